The predicted molar refractivity (Wildman–Crippen MR) is 67.2 cm³/mol. The first kappa shape index (κ1) is 11.9. The highest BCUT2D eigenvalue weighted by atomic mass is 16.1. The zero-order chi connectivity index (χ0) is 12.1. The van der Waals surface area contributed by atoms with Crippen LogP contribution in [-0.4, -0.2) is 5.78 Å². The monoisotopic (exact) mass is 220 g/mol. The first-order valence-electron chi connectivity index (χ1n) is 6.50. The maximum absolute atomic E-state index is 12.5. The molecule has 1 saturated carbocycles. The predicted octanol–water partition coefficient (Wildman–Crippen LogP) is 4.13. The fraction of sp³-hybridized carbons (Fsp3) is 0.800. The topological polar surface area (TPSA) is 17.1 Å². The average molecular weight is 220 g/mol. The Morgan fingerprint density at radius 2 is 1.75 bits per heavy atom. The third-order valence-electron chi connectivity index (χ3n) is 5.24. The molecule has 90 valence electrons. The van der Waals surface area contributed by atoms with E-state index in [4.69, 9.17) is 0 Å². The van der Waals surface area contributed by atoms with Gasteiger partial charge in [-0.3, -0.25) is 4.79 Å². The highest BCUT2D eigenvalue weighted by Gasteiger charge is 2.52. The number of fused-ring (bicyclic) bond motifs is 1. The highest BCUT2D eigenvalue weighted by Crippen LogP contribution is 2.56. The molecule has 0 N–H and O–H groups in total. The van der Waals surface area contributed by atoms with E-state index >= 15 is 0 Å². The number of rotatable bonds is 0. The zero-order valence-corrected chi connectivity index (χ0v) is 11.3. The smallest absolute Gasteiger partial charge is 0.164 e. The van der Waals surface area contributed by atoms with Crippen molar-refractivity contribution in [3.05, 3.63) is 11.1 Å². The molecule has 0 aromatic heterocycles. The van der Waals surface area contributed by atoms with E-state index < -0.39 is 0 Å². The van der Waals surface area contributed by atoms with Crippen molar-refractivity contribution in [1.29, 1.82) is 0 Å². The van der Waals surface area contributed by atoms with Crippen molar-refractivity contribution in [2.45, 2.75) is 60.3 Å². The van der Waals surface area contributed by atoms with Crippen LogP contribution in [0.5, 0.6) is 0 Å². The van der Waals surface area contributed by atoms with Gasteiger partial charge in [-0.2, -0.15) is 0 Å². The third kappa shape index (κ3) is 1.48. The van der Waals surface area contributed by atoms with Gasteiger partial charge in [0.2, 0.25) is 0 Å². The van der Waals surface area contributed by atoms with Crippen molar-refractivity contribution >= 4 is 5.78 Å². The standard InChI is InChI=1S/C15H24O/c1-10-9-12-14(3,4)7-6-8-15(12,5)13(16)11(10)2/h12H,6-9H2,1-5H3/t12-,15-/m0/s1. The van der Waals surface area contributed by atoms with Gasteiger partial charge < -0.3 is 0 Å². The van der Waals surface area contributed by atoms with Crippen LogP contribution in [0.1, 0.15) is 60.3 Å². The summed E-state index contributed by atoms with van der Waals surface area (Å²) in [4.78, 5) is 12.5. The van der Waals surface area contributed by atoms with Gasteiger partial charge in [-0.25, -0.2) is 0 Å². The van der Waals surface area contributed by atoms with E-state index in [1.54, 1.807) is 0 Å². The van der Waals surface area contributed by atoms with Crippen LogP contribution in [0.15, 0.2) is 11.1 Å². The second-order valence-electron chi connectivity index (χ2n) is 6.75. The van der Waals surface area contributed by atoms with E-state index in [1.165, 1.54) is 18.4 Å². The Morgan fingerprint density at radius 3 is 2.38 bits per heavy atom. The summed E-state index contributed by atoms with van der Waals surface area (Å²) in [6, 6.07) is 0. The molecule has 0 spiro atoms. The van der Waals surface area contributed by atoms with Crippen LogP contribution in [0.25, 0.3) is 0 Å². The quantitative estimate of drug-likeness (QED) is 0.600. The molecular weight excluding hydrogens is 196 g/mol. The minimum atomic E-state index is -0.0780. The molecule has 0 radical (unpaired) electrons. The van der Waals surface area contributed by atoms with Crippen molar-refractivity contribution < 1.29 is 4.79 Å². The lowest BCUT2D eigenvalue weighted by Gasteiger charge is -2.52. The SMILES string of the molecule is CC1=C(C)C(=O)[C@@]2(C)CCCC(C)(C)[C@@H]2C1. The zero-order valence-electron chi connectivity index (χ0n) is 11.3. The number of allylic oxidation sites excluding steroid dienone is 2. The van der Waals surface area contributed by atoms with Crippen LogP contribution in [0.3, 0.4) is 0 Å². The maximum Gasteiger partial charge on any atom is 0.164 e. The second kappa shape index (κ2) is 3.45. The van der Waals surface area contributed by atoms with Gasteiger partial charge in [-0.15, -0.1) is 0 Å². The van der Waals surface area contributed by atoms with E-state index in [1.807, 2.05) is 6.92 Å². The number of ketones is 1. The minimum Gasteiger partial charge on any atom is -0.294 e. The first-order chi connectivity index (χ1) is 7.29. The van der Waals surface area contributed by atoms with E-state index in [2.05, 4.69) is 27.7 Å². The van der Waals surface area contributed by atoms with Gasteiger partial charge in [0.25, 0.3) is 0 Å². The molecule has 0 amide bonds. The second-order valence-corrected chi connectivity index (χ2v) is 6.75. The molecule has 0 unspecified atom stereocenters. The van der Waals surface area contributed by atoms with Gasteiger partial charge in [0.15, 0.2) is 5.78 Å². The van der Waals surface area contributed by atoms with E-state index in [9.17, 15) is 4.79 Å². The van der Waals surface area contributed by atoms with Gasteiger partial charge in [0.05, 0.1) is 0 Å². The van der Waals surface area contributed by atoms with Crippen molar-refractivity contribution in [2.75, 3.05) is 0 Å². The lowest BCUT2D eigenvalue weighted by atomic mass is 9.51. The van der Waals surface area contributed by atoms with Crippen LogP contribution in [0, 0.1) is 16.7 Å². The van der Waals surface area contributed by atoms with Gasteiger partial charge in [0, 0.05) is 5.41 Å². The Kier molecular flexibility index (Phi) is 2.56. The Bertz CT molecular complexity index is 362. The first-order valence-corrected chi connectivity index (χ1v) is 6.50. The van der Waals surface area contributed by atoms with Gasteiger partial charge in [0.1, 0.15) is 0 Å². The normalized spacial score (nSPS) is 38.6. The summed E-state index contributed by atoms with van der Waals surface area (Å²) in [5.74, 6) is 0.971. The maximum atomic E-state index is 12.5. The summed E-state index contributed by atoms with van der Waals surface area (Å²) < 4.78 is 0. The molecule has 0 saturated heterocycles. The van der Waals surface area contributed by atoms with Crippen molar-refractivity contribution in [2.24, 2.45) is 16.7 Å². The van der Waals surface area contributed by atoms with E-state index in [0.29, 0.717) is 17.1 Å². The molecule has 0 bridgehead atoms. The summed E-state index contributed by atoms with van der Waals surface area (Å²) in [5.41, 5.74) is 2.61. The number of hydrogen-bond donors (Lipinski definition) is 0. The van der Waals surface area contributed by atoms with Crippen LogP contribution >= 0.6 is 0 Å². The number of carbonyl (C=O) groups excluding carboxylic acids is 1. The van der Waals surface area contributed by atoms with Crippen LogP contribution in [0.4, 0.5) is 0 Å². The number of hydrogen-bond acceptors (Lipinski definition) is 1. The molecule has 2 aliphatic carbocycles. The molecule has 1 nitrogen and oxygen atoms in total. The summed E-state index contributed by atoms with van der Waals surface area (Å²) in [7, 11) is 0. The van der Waals surface area contributed by atoms with Gasteiger partial charge in [-0.05, 0) is 50.0 Å². The Hall–Kier alpha value is -0.590. The van der Waals surface area contributed by atoms with Gasteiger partial charge >= 0.3 is 0 Å². The minimum absolute atomic E-state index is 0.0780. The largest absolute Gasteiger partial charge is 0.294 e. The van der Waals surface area contributed by atoms with Crippen LogP contribution in [-0.2, 0) is 4.79 Å². The Morgan fingerprint density at radius 1 is 1.12 bits per heavy atom. The van der Waals surface area contributed by atoms with Crippen molar-refractivity contribution in [1.82, 2.24) is 0 Å². The molecule has 1 heteroatoms. The molecule has 0 aliphatic heterocycles. The molecular formula is C15H24O. The summed E-state index contributed by atoms with van der Waals surface area (Å²) in [6.07, 6.45) is 4.69. The number of carbonyl (C=O) groups is 1. The van der Waals surface area contributed by atoms with E-state index in [0.717, 1.165) is 18.4 Å². The summed E-state index contributed by atoms with van der Waals surface area (Å²) in [6.45, 7) is 11.0. The molecule has 0 aromatic rings. The molecule has 2 atom stereocenters. The fourth-order valence-electron chi connectivity index (χ4n) is 3.98. The molecule has 2 rings (SSSR count). The molecule has 0 heterocycles. The van der Waals surface area contributed by atoms with Crippen molar-refractivity contribution in [3.63, 3.8) is 0 Å². The van der Waals surface area contributed by atoms with Crippen LogP contribution in [0.2, 0.25) is 0 Å². The third-order valence-corrected chi connectivity index (χ3v) is 5.24. The average Bonchev–Trinajstić information content (AvgIpc) is 2.19. The van der Waals surface area contributed by atoms with E-state index in [-0.39, 0.29) is 5.41 Å². The summed E-state index contributed by atoms with van der Waals surface area (Å²) in [5, 5.41) is 0. The van der Waals surface area contributed by atoms with Crippen molar-refractivity contribution in [3.8, 4) is 0 Å². The lowest BCUT2D eigenvalue weighted by Crippen LogP contribution is -2.49. The Labute approximate surface area is 99.3 Å². The van der Waals surface area contributed by atoms with Gasteiger partial charge in [-0.1, -0.05) is 32.8 Å². The Balaban J connectivity index is 2.48. The summed E-state index contributed by atoms with van der Waals surface area (Å²) >= 11 is 0. The number of Topliss-reactive ketones (excluding diaryl/α,β-unsaturated/α-hetero) is 1. The molecule has 0 aromatic carbocycles. The lowest BCUT2D eigenvalue weighted by molar-refractivity contribution is -0.135. The molecule has 2 aliphatic rings. The fourth-order valence-corrected chi connectivity index (χ4v) is 3.98. The van der Waals surface area contributed by atoms with Crippen LogP contribution < -0.4 is 0 Å². The molecule has 16 heavy (non-hydrogen) atoms. The molecule has 1 fully saturated rings. The highest BCUT2D eigenvalue weighted by molar-refractivity contribution is 6.01.